The number of nitrogens with one attached hydrogen (secondary N) is 2. The molecule has 0 unspecified atom stereocenters. The number of hydrogen-bond donors (Lipinski definition) is 2. The Morgan fingerprint density at radius 3 is 2.45 bits per heavy atom. The standard InChI is InChI=1S/C23H29N3O4S/c1-26(17-18-8-3-2-4-9-18)23(28)24-15-14-22(27)25-19-10-7-13-21(16-19)31(29,30)20-11-5-6-12-20/h2-4,7-10,13,16,20H,5-6,11-12,14-15,17H2,1H3,(H,24,28)(H,25,27). The smallest absolute Gasteiger partial charge is 0.317 e. The van der Waals surface area contributed by atoms with E-state index in [1.165, 1.54) is 6.07 Å². The van der Waals surface area contributed by atoms with Gasteiger partial charge in [0.1, 0.15) is 0 Å². The summed E-state index contributed by atoms with van der Waals surface area (Å²) in [5, 5.41) is 5.11. The molecule has 0 spiro atoms. The maximum atomic E-state index is 12.7. The van der Waals surface area contributed by atoms with Gasteiger partial charge in [0.15, 0.2) is 9.84 Å². The molecule has 2 N–H and O–H groups in total. The number of amides is 3. The number of carbonyl (C=O) groups excluding carboxylic acids is 2. The molecule has 31 heavy (non-hydrogen) atoms. The molecule has 3 rings (SSSR count). The molecular weight excluding hydrogens is 414 g/mol. The highest BCUT2D eigenvalue weighted by Gasteiger charge is 2.30. The highest BCUT2D eigenvalue weighted by molar-refractivity contribution is 7.92. The normalized spacial score (nSPS) is 14.2. The zero-order chi connectivity index (χ0) is 22.3. The predicted molar refractivity (Wildman–Crippen MR) is 120 cm³/mol. The van der Waals surface area contributed by atoms with Crippen LogP contribution in [0.3, 0.4) is 0 Å². The van der Waals surface area contributed by atoms with Crippen molar-refractivity contribution < 1.29 is 18.0 Å². The van der Waals surface area contributed by atoms with Gasteiger partial charge in [-0.05, 0) is 36.6 Å². The van der Waals surface area contributed by atoms with Crippen LogP contribution < -0.4 is 10.6 Å². The van der Waals surface area contributed by atoms with E-state index in [-0.39, 0.29) is 35.0 Å². The summed E-state index contributed by atoms with van der Waals surface area (Å²) in [6.45, 7) is 0.658. The molecule has 166 valence electrons. The molecular formula is C23H29N3O4S. The first-order chi connectivity index (χ1) is 14.9. The van der Waals surface area contributed by atoms with Gasteiger partial charge < -0.3 is 15.5 Å². The Morgan fingerprint density at radius 1 is 1.03 bits per heavy atom. The van der Waals surface area contributed by atoms with Gasteiger partial charge in [-0.15, -0.1) is 0 Å². The molecule has 2 aromatic rings. The maximum Gasteiger partial charge on any atom is 0.317 e. The Kier molecular flexibility index (Phi) is 7.68. The number of urea groups is 1. The van der Waals surface area contributed by atoms with Crippen molar-refractivity contribution in [3.05, 3.63) is 60.2 Å². The average Bonchev–Trinajstić information content (AvgIpc) is 3.30. The molecule has 7 nitrogen and oxygen atoms in total. The summed E-state index contributed by atoms with van der Waals surface area (Å²) in [5.74, 6) is -0.290. The van der Waals surface area contributed by atoms with E-state index >= 15 is 0 Å². The quantitative estimate of drug-likeness (QED) is 0.652. The van der Waals surface area contributed by atoms with Gasteiger partial charge >= 0.3 is 6.03 Å². The van der Waals surface area contributed by atoms with Gasteiger partial charge in [-0.2, -0.15) is 0 Å². The monoisotopic (exact) mass is 443 g/mol. The van der Waals surface area contributed by atoms with Crippen molar-refractivity contribution in [2.75, 3.05) is 18.9 Å². The Morgan fingerprint density at radius 2 is 1.74 bits per heavy atom. The zero-order valence-electron chi connectivity index (χ0n) is 17.7. The van der Waals surface area contributed by atoms with E-state index in [0.717, 1.165) is 18.4 Å². The van der Waals surface area contributed by atoms with E-state index in [4.69, 9.17) is 0 Å². The molecule has 0 radical (unpaired) electrons. The molecule has 0 aliphatic heterocycles. The van der Waals surface area contributed by atoms with Crippen LogP contribution in [-0.2, 0) is 21.2 Å². The molecule has 1 fully saturated rings. The Balaban J connectivity index is 1.47. The van der Waals surface area contributed by atoms with E-state index in [1.807, 2.05) is 30.3 Å². The number of sulfone groups is 1. The molecule has 1 aliphatic rings. The van der Waals surface area contributed by atoms with E-state index in [2.05, 4.69) is 10.6 Å². The van der Waals surface area contributed by atoms with Crippen LogP contribution in [0.5, 0.6) is 0 Å². The number of rotatable bonds is 8. The van der Waals surface area contributed by atoms with Gasteiger partial charge in [-0.25, -0.2) is 13.2 Å². The second-order valence-corrected chi connectivity index (χ2v) is 10.1. The van der Waals surface area contributed by atoms with Gasteiger partial charge in [0, 0.05) is 32.2 Å². The SMILES string of the molecule is CN(Cc1ccccc1)C(=O)NCCC(=O)Nc1cccc(S(=O)(=O)C2CCCC2)c1. The average molecular weight is 444 g/mol. The first kappa shape index (κ1) is 22.8. The summed E-state index contributed by atoms with van der Waals surface area (Å²) in [7, 11) is -1.68. The molecule has 1 aliphatic carbocycles. The van der Waals surface area contributed by atoms with Crippen molar-refractivity contribution >= 4 is 27.5 Å². The predicted octanol–water partition coefficient (Wildman–Crippen LogP) is 3.57. The number of anilines is 1. The zero-order valence-corrected chi connectivity index (χ0v) is 18.5. The third-order valence-electron chi connectivity index (χ3n) is 5.42. The number of benzene rings is 2. The lowest BCUT2D eigenvalue weighted by atomic mass is 10.2. The van der Waals surface area contributed by atoms with Crippen molar-refractivity contribution in [3.63, 3.8) is 0 Å². The lowest BCUT2D eigenvalue weighted by Gasteiger charge is -2.18. The van der Waals surface area contributed by atoms with Gasteiger partial charge in [0.05, 0.1) is 10.1 Å². The number of hydrogen-bond acceptors (Lipinski definition) is 4. The minimum Gasteiger partial charge on any atom is -0.337 e. The van der Waals surface area contributed by atoms with Gasteiger partial charge in [0.25, 0.3) is 0 Å². The van der Waals surface area contributed by atoms with E-state index in [0.29, 0.717) is 25.1 Å². The Labute approximate surface area is 183 Å². The fourth-order valence-corrected chi connectivity index (χ4v) is 5.61. The number of carbonyl (C=O) groups is 2. The summed E-state index contributed by atoms with van der Waals surface area (Å²) in [4.78, 5) is 26.2. The van der Waals surface area contributed by atoms with Crippen LogP contribution >= 0.6 is 0 Å². The highest BCUT2D eigenvalue weighted by atomic mass is 32.2. The fourth-order valence-electron chi connectivity index (χ4n) is 3.71. The van der Waals surface area contributed by atoms with Crippen molar-refractivity contribution in [1.82, 2.24) is 10.2 Å². The lowest BCUT2D eigenvalue weighted by Crippen LogP contribution is -2.38. The van der Waals surface area contributed by atoms with Crippen LogP contribution in [0.1, 0.15) is 37.7 Å². The van der Waals surface area contributed by atoms with Crippen molar-refractivity contribution in [1.29, 1.82) is 0 Å². The van der Waals surface area contributed by atoms with E-state index in [1.54, 1.807) is 30.1 Å². The molecule has 1 saturated carbocycles. The summed E-state index contributed by atoms with van der Waals surface area (Å²) < 4.78 is 25.5. The molecule has 0 saturated heterocycles. The van der Waals surface area contributed by atoms with Gasteiger partial charge in [-0.1, -0.05) is 49.2 Å². The van der Waals surface area contributed by atoms with Crippen molar-refractivity contribution in [2.24, 2.45) is 0 Å². The lowest BCUT2D eigenvalue weighted by molar-refractivity contribution is -0.116. The van der Waals surface area contributed by atoms with Gasteiger partial charge in [-0.3, -0.25) is 4.79 Å². The first-order valence-electron chi connectivity index (χ1n) is 10.5. The van der Waals surface area contributed by atoms with Crippen LogP contribution in [0.4, 0.5) is 10.5 Å². The largest absolute Gasteiger partial charge is 0.337 e. The van der Waals surface area contributed by atoms with Crippen molar-refractivity contribution in [3.8, 4) is 0 Å². The second-order valence-electron chi connectivity index (χ2n) is 7.85. The number of nitrogens with zero attached hydrogens (tertiary/aromatic N) is 1. The van der Waals surface area contributed by atoms with Gasteiger partial charge in [0.2, 0.25) is 5.91 Å². The molecule has 0 bridgehead atoms. The third-order valence-corrected chi connectivity index (χ3v) is 7.68. The molecule has 2 aromatic carbocycles. The van der Waals surface area contributed by atoms with Crippen LogP contribution in [0.25, 0.3) is 0 Å². The molecule has 8 heteroatoms. The molecule has 0 aromatic heterocycles. The first-order valence-corrected chi connectivity index (χ1v) is 12.1. The van der Waals surface area contributed by atoms with E-state index < -0.39 is 9.84 Å². The van der Waals surface area contributed by atoms with Crippen molar-refractivity contribution in [2.45, 2.75) is 48.8 Å². The summed E-state index contributed by atoms with van der Waals surface area (Å²) in [5.41, 5.74) is 1.46. The Hall–Kier alpha value is -2.87. The minimum absolute atomic E-state index is 0.0878. The fraction of sp³-hybridized carbons (Fsp3) is 0.391. The summed E-state index contributed by atoms with van der Waals surface area (Å²) in [6, 6.07) is 15.8. The van der Waals surface area contributed by atoms with Crippen LogP contribution in [0.15, 0.2) is 59.5 Å². The van der Waals surface area contributed by atoms with Crippen LogP contribution in [0, 0.1) is 0 Å². The molecule has 0 heterocycles. The van der Waals surface area contributed by atoms with E-state index in [9.17, 15) is 18.0 Å². The highest BCUT2D eigenvalue weighted by Crippen LogP contribution is 2.30. The topological polar surface area (TPSA) is 95.6 Å². The minimum atomic E-state index is -3.37. The second kappa shape index (κ2) is 10.4. The van der Waals surface area contributed by atoms with Crippen LogP contribution in [-0.4, -0.2) is 44.1 Å². The Bertz CT molecular complexity index is 1000. The third kappa shape index (κ3) is 6.30. The summed E-state index contributed by atoms with van der Waals surface area (Å²) in [6.07, 6.45) is 3.35. The maximum absolute atomic E-state index is 12.7. The van der Waals surface area contributed by atoms with Crippen LogP contribution in [0.2, 0.25) is 0 Å². The molecule has 0 atom stereocenters. The summed E-state index contributed by atoms with van der Waals surface area (Å²) >= 11 is 0. The molecule has 3 amide bonds.